The van der Waals surface area contributed by atoms with Gasteiger partial charge in [-0.2, -0.15) is 0 Å². The molecule has 0 bridgehead atoms. The van der Waals surface area contributed by atoms with E-state index in [1.165, 1.54) is 16.3 Å². The molecule has 0 heterocycles. The smallest absolute Gasteiger partial charge is 0.0231 e. The number of hydrogen-bond acceptors (Lipinski definition) is 2. The van der Waals surface area contributed by atoms with Gasteiger partial charge >= 0.3 is 0 Å². The Kier molecular flexibility index (Phi) is 4.94. The fraction of sp³-hybridized carbons (Fsp3) is 0.412. The maximum absolute atomic E-state index is 5.60. The molecule has 0 aromatic heterocycles. The van der Waals surface area contributed by atoms with Gasteiger partial charge in [-0.05, 0) is 48.3 Å². The molecule has 2 heteroatoms. The van der Waals surface area contributed by atoms with Crippen molar-refractivity contribution in [2.75, 3.05) is 20.1 Å². The first-order valence-electron chi connectivity index (χ1n) is 7.05. The van der Waals surface area contributed by atoms with Gasteiger partial charge in [0, 0.05) is 13.1 Å². The second kappa shape index (κ2) is 6.69. The van der Waals surface area contributed by atoms with E-state index in [0.717, 1.165) is 26.1 Å². The number of hydrogen-bond donors (Lipinski definition) is 1. The van der Waals surface area contributed by atoms with Crippen LogP contribution in [-0.4, -0.2) is 25.0 Å². The van der Waals surface area contributed by atoms with Crippen LogP contribution in [0.4, 0.5) is 0 Å². The molecule has 0 saturated heterocycles. The highest BCUT2D eigenvalue weighted by Crippen LogP contribution is 2.17. The third-order valence-corrected chi connectivity index (χ3v) is 3.55. The van der Waals surface area contributed by atoms with E-state index in [9.17, 15) is 0 Å². The second-order valence-electron chi connectivity index (χ2n) is 5.56. The van der Waals surface area contributed by atoms with Gasteiger partial charge in [0.15, 0.2) is 0 Å². The van der Waals surface area contributed by atoms with Crippen molar-refractivity contribution >= 4 is 10.8 Å². The molecule has 0 aliphatic carbocycles. The monoisotopic (exact) mass is 256 g/mol. The van der Waals surface area contributed by atoms with E-state index in [1.807, 2.05) is 0 Å². The number of benzene rings is 2. The van der Waals surface area contributed by atoms with Crippen LogP contribution in [0, 0.1) is 5.92 Å². The molecular weight excluding hydrogens is 232 g/mol. The summed E-state index contributed by atoms with van der Waals surface area (Å²) in [6, 6.07) is 15.2. The lowest BCUT2D eigenvalue weighted by Crippen LogP contribution is -2.25. The largest absolute Gasteiger partial charge is 0.330 e. The van der Waals surface area contributed by atoms with Gasteiger partial charge < -0.3 is 10.6 Å². The quantitative estimate of drug-likeness (QED) is 0.859. The number of rotatable bonds is 6. The van der Waals surface area contributed by atoms with E-state index in [-0.39, 0.29) is 0 Å². The summed E-state index contributed by atoms with van der Waals surface area (Å²) in [5.74, 6) is 0.662. The Morgan fingerprint density at radius 2 is 1.84 bits per heavy atom. The molecule has 1 atom stereocenters. The molecule has 0 saturated carbocycles. The highest BCUT2D eigenvalue weighted by molar-refractivity contribution is 5.82. The highest BCUT2D eigenvalue weighted by Gasteiger charge is 2.06. The Morgan fingerprint density at radius 3 is 2.58 bits per heavy atom. The van der Waals surface area contributed by atoms with Crippen molar-refractivity contribution in [3.63, 3.8) is 0 Å². The Bertz CT molecular complexity index is 521. The molecule has 0 fully saturated rings. The average Bonchev–Trinajstić information content (AvgIpc) is 2.38. The number of fused-ring (bicyclic) bond motifs is 1. The maximum Gasteiger partial charge on any atom is 0.0231 e. The molecule has 2 rings (SSSR count). The highest BCUT2D eigenvalue weighted by atomic mass is 15.1. The SMILES string of the molecule is CC(CCN)CN(C)Cc1ccc2ccccc2c1. The molecule has 0 amide bonds. The molecule has 19 heavy (non-hydrogen) atoms. The Labute approximate surface area is 116 Å². The summed E-state index contributed by atoms with van der Waals surface area (Å²) in [5.41, 5.74) is 6.98. The van der Waals surface area contributed by atoms with Crippen molar-refractivity contribution < 1.29 is 0 Å². The zero-order valence-corrected chi connectivity index (χ0v) is 12.0. The Balaban J connectivity index is 2.00. The minimum Gasteiger partial charge on any atom is -0.330 e. The van der Waals surface area contributed by atoms with Crippen molar-refractivity contribution in [2.24, 2.45) is 11.7 Å². The van der Waals surface area contributed by atoms with Crippen LogP contribution in [0.3, 0.4) is 0 Å². The lowest BCUT2D eigenvalue weighted by molar-refractivity contribution is 0.273. The molecule has 0 aliphatic rings. The van der Waals surface area contributed by atoms with Crippen molar-refractivity contribution in [1.82, 2.24) is 4.90 Å². The van der Waals surface area contributed by atoms with E-state index in [2.05, 4.69) is 61.3 Å². The normalized spacial score (nSPS) is 13.1. The molecular formula is C17H24N2. The molecule has 1 unspecified atom stereocenters. The minimum atomic E-state index is 0.662. The third kappa shape index (κ3) is 4.05. The van der Waals surface area contributed by atoms with Crippen LogP contribution in [0.25, 0.3) is 10.8 Å². The molecule has 0 spiro atoms. The van der Waals surface area contributed by atoms with Crippen LogP contribution in [0.2, 0.25) is 0 Å². The predicted octanol–water partition coefficient (Wildman–Crippen LogP) is 3.26. The van der Waals surface area contributed by atoms with Crippen molar-refractivity contribution in [3.05, 3.63) is 48.0 Å². The zero-order valence-electron chi connectivity index (χ0n) is 12.0. The van der Waals surface area contributed by atoms with Crippen molar-refractivity contribution in [2.45, 2.75) is 19.9 Å². The van der Waals surface area contributed by atoms with E-state index < -0.39 is 0 Å². The fourth-order valence-corrected chi connectivity index (χ4v) is 2.62. The van der Waals surface area contributed by atoms with E-state index in [4.69, 9.17) is 5.73 Å². The first-order valence-corrected chi connectivity index (χ1v) is 7.05. The standard InChI is InChI=1S/C17H24N2/c1-14(9-10-18)12-19(2)13-15-7-8-16-5-3-4-6-17(16)11-15/h3-8,11,14H,9-10,12-13,18H2,1-2H3. The van der Waals surface area contributed by atoms with E-state index in [1.54, 1.807) is 0 Å². The third-order valence-electron chi connectivity index (χ3n) is 3.55. The van der Waals surface area contributed by atoms with Gasteiger partial charge in [0.05, 0.1) is 0 Å². The van der Waals surface area contributed by atoms with E-state index >= 15 is 0 Å². The summed E-state index contributed by atoms with van der Waals surface area (Å²) in [6.07, 6.45) is 1.10. The zero-order chi connectivity index (χ0) is 13.7. The van der Waals surface area contributed by atoms with Crippen LogP contribution in [-0.2, 0) is 6.54 Å². The minimum absolute atomic E-state index is 0.662. The Hall–Kier alpha value is -1.38. The summed E-state index contributed by atoms with van der Waals surface area (Å²) < 4.78 is 0. The topological polar surface area (TPSA) is 29.3 Å². The second-order valence-corrected chi connectivity index (χ2v) is 5.56. The van der Waals surface area contributed by atoms with Crippen LogP contribution in [0.15, 0.2) is 42.5 Å². The lowest BCUT2D eigenvalue weighted by atomic mass is 10.1. The molecule has 0 aliphatic heterocycles. The summed E-state index contributed by atoms with van der Waals surface area (Å²) >= 11 is 0. The van der Waals surface area contributed by atoms with Gasteiger partial charge in [0.1, 0.15) is 0 Å². The Morgan fingerprint density at radius 1 is 1.11 bits per heavy atom. The molecule has 2 nitrogen and oxygen atoms in total. The van der Waals surface area contributed by atoms with Gasteiger partial charge in [0.2, 0.25) is 0 Å². The number of nitrogens with two attached hydrogens (primary N) is 1. The maximum atomic E-state index is 5.60. The van der Waals surface area contributed by atoms with Gasteiger partial charge in [-0.3, -0.25) is 0 Å². The van der Waals surface area contributed by atoms with Gasteiger partial charge in [-0.15, -0.1) is 0 Å². The summed E-state index contributed by atoms with van der Waals surface area (Å²) in [6.45, 7) is 5.15. The van der Waals surface area contributed by atoms with Crippen LogP contribution in [0.5, 0.6) is 0 Å². The van der Waals surface area contributed by atoms with Gasteiger partial charge in [0.25, 0.3) is 0 Å². The van der Waals surface area contributed by atoms with Crippen molar-refractivity contribution in [3.8, 4) is 0 Å². The summed E-state index contributed by atoms with van der Waals surface area (Å²) in [7, 11) is 2.18. The van der Waals surface area contributed by atoms with Crippen LogP contribution in [0.1, 0.15) is 18.9 Å². The molecule has 2 aromatic carbocycles. The first-order chi connectivity index (χ1) is 9.19. The molecule has 102 valence electrons. The van der Waals surface area contributed by atoms with Gasteiger partial charge in [-0.25, -0.2) is 0 Å². The average molecular weight is 256 g/mol. The summed E-state index contributed by atoms with van der Waals surface area (Å²) in [4.78, 5) is 2.38. The van der Waals surface area contributed by atoms with E-state index in [0.29, 0.717) is 5.92 Å². The number of nitrogens with zero attached hydrogens (tertiary/aromatic N) is 1. The van der Waals surface area contributed by atoms with Crippen LogP contribution < -0.4 is 5.73 Å². The van der Waals surface area contributed by atoms with Gasteiger partial charge in [-0.1, -0.05) is 43.3 Å². The summed E-state index contributed by atoms with van der Waals surface area (Å²) in [5, 5.41) is 2.63. The lowest BCUT2D eigenvalue weighted by Gasteiger charge is -2.21. The molecule has 0 radical (unpaired) electrons. The first kappa shape index (κ1) is 14.0. The van der Waals surface area contributed by atoms with Crippen LogP contribution >= 0.6 is 0 Å². The fourth-order valence-electron chi connectivity index (χ4n) is 2.62. The van der Waals surface area contributed by atoms with Crippen molar-refractivity contribution in [1.29, 1.82) is 0 Å². The predicted molar refractivity (Wildman–Crippen MR) is 83.1 cm³/mol. The molecule has 2 N–H and O–H groups in total. The molecule has 2 aromatic rings.